The van der Waals surface area contributed by atoms with Crippen LogP contribution < -0.4 is 4.74 Å². The van der Waals surface area contributed by atoms with Crippen LogP contribution in [0.2, 0.25) is 0 Å². The van der Waals surface area contributed by atoms with Gasteiger partial charge in [0.25, 0.3) is 0 Å². The monoisotopic (exact) mass is 452 g/mol. The van der Waals surface area contributed by atoms with Crippen molar-refractivity contribution in [3.05, 3.63) is 41.5 Å². The number of hydrogen-bond donors (Lipinski definition) is 9. The number of aliphatic hydroxyl groups excluding tert-OH is 5. The van der Waals surface area contributed by atoms with Gasteiger partial charge in [0.2, 0.25) is 0 Å². The predicted octanol–water partition coefficient (Wildman–Crippen LogP) is -1.07. The lowest BCUT2D eigenvalue weighted by atomic mass is 9.76. The molecule has 0 aromatic heterocycles. The summed E-state index contributed by atoms with van der Waals surface area (Å²) in [5.74, 6) is -3.03. The number of phenols is 4. The lowest BCUT2D eigenvalue weighted by molar-refractivity contribution is -0.243. The standard InChI is InChI=1S/C21H24O11/c22-6-13-16(27)18(29)19(30)21(32-13)15-14-11(26)4-8(23)5-12(14)31-20(17(15)28)7-1-2-9(24)10(25)3-7/h1-5,13,15-30H,6H2/t13-,15?,16-,17+,18+,19-,20-,21+/m1/s1. The molecule has 0 amide bonds. The van der Waals surface area contributed by atoms with Gasteiger partial charge >= 0.3 is 0 Å². The molecule has 174 valence electrons. The van der Waals surface area contributed by atoms with E-state index in [0.29, 0.717) is 0 Å². The Morgan fingerprint density at radius 2 is 1.47 bits per heavy atom. The molecule has 2 aliphatic rings. The highest BCUT2D eigenvalue weighted by Crippen LogP contribution is 2.51. The van der Waals surface area contributed by atoms with E-state index in [1.807, 2.05) is 0 Å². The number of ether oxygens (including phenoxy) is 2. The minimum Gasteiger partial charge on any atom is -0.508 e. The van der Waals surface area contributed by atoms with E-state index in [1.165, 1.54) is 18.2 Å². The van der Waals surface area contributed by atoms with Crippen LogP contribution in [0.5, 0.6) is 28.7 Å². The van der Waals surface area contributed by atoms with Crippen molar-refractivity contribution in [2.75, 3.05) is 6.61 Å². The van der Waals surface area contributed by atoms with Crippen molar-refractivity contribution in [3.8, 4) is 28.7 Å². The molecule has 11 heteroatoms. The number of benzene rings is 2. The fourth-order valence-electron chi connectivity index (χ4n) is 4.36. The zero-order valence-corrected chi connectivity index (χ0v) is 16.6. The molecular formula is C21H24O11. The Morgan fingerprint density at radius 3 is 2.12 bits per heavy atom. The maximum absolute atomic E-state index is 11.2. The van der Waals surface area contributed by atoms with E-state index in [9.17, 15) is 46.0 Å². The van der Waals surface area contributed by atoms with Gasteiger partial charge in [-0.3, -0.25) is 0 Å². The first kappa shape index (κ1) is 22.4. The van der Waals surface area contributed by atoms with Gasteiger partial charge < -0.3 is 55.4 Å². The van der Waals surface area contributed by atoms with Crippen LogP contribution in [-0.2, 0) is 4.74 Å². The topological polar surface area (TPSA) is 201 Å². The summed E-state index contributed by atoms with van der Waals surface area (Å²) in [6.45, 7) is -0.690. The zero-order chi connectivity index (χ0) is 23.3. The number of fused-ring (bicyclic) bond motifs is 1. The van der Waals surface area contributed by atoms with Crippen LogP contribution in [0, 0.1) is 0 Å². The van der Waals surface area contributed by atoms with E-state index in [4.69, 9.17) is 9.47 Å². The lowest BCUT2D eigenvalue weighted by Gasteiger charge is -2.47. The quantitative estimate of drug-likeness (QED) is 0.257. The van der Waals surface area contributed by atoms with Crippen LogP contribution in [0.25, 0.3) is 0 Å². The molecule has 1 unspecified atom stereocenters. The largest absolute Gasteiger partial charge is 0.508 e. The van der Waals surface area contributed by atoms with Crippen LogP contribution in [0.1, 0.15) is 23.1 Å². The van der Waals surface area contributed by atoms with Gasteiger partial charge in [-0.05, 0) is 17.7 Å². The predicted molar refractivity (Wildman–Crippen MR) is 105 cm³/mol. The molecule has 2 aromatic rings. The molecule has 8 atom stereocenters. The van der Waals surface area contributed by atoms with E-state index in [2.05, 4.69) is 0 Å². The average molecular weight is 452 g/mol. The zero-order valence-electron chi connectivity index (χ0n) is 16.6. The van der Waals surface area contributed by atoms with Crippen molar-refractivity contribution in [2.45, 2.75) is 48.6 Å². The third kappa shape index (κ3) is 3.58. The van der Waals surface area contributed by atoms with Gasteiger partial charge in [-0.2, -0.15) is 0 Å². The summed E-state index contributed by atoms with van der Waals surface area (Å²) in [7, 11) is 0. The second-order valence-corrected chi connectivity index (χ2v) is 7.97. The van der Waals surface area contributed by atoms with Crippen LogP contribution in [0.4, 0.5) is 0 Å². The van der Waals surface area contributed by atoms with Crippen molar-refractivity contribution in [1.29, 1.82) is 0 Å². The Bertz CT molecular complexity index is 994. The van der Waals surface area contributed by atoms with E-state index < -0.39 is 72.5 Å². The summed E-state index contributed by atoms with van der Waals surface area (Å²) in [6, 6.07) is 5.88. The maximum Gasteiger partial charge on any atom is 0.157 e. The summed E-state index contributed by atoms with van der Waals surface area (Å²) >= 11 is 0. The minimum absolute atomic E-state index is 0.0288. The van der Waals surface area contributed by atoms with Crippen molar-refractivity contribution >= 4 is 0 Å². The third-order valence-electron chi connectivity index (χ3n) is 5.98. The van der Waals surface area contributed by atoms with Gasteiger partial charge in [0.1, 0.15) is 47.8 Å². The third-order valence-corrected chi connectivity index (χ3v) is 5.98. The molecule has 1 saturated heterocycles. The Morgan fingerprint density at radius 1 is 0.750 bits per heavy atom. The molecule has 0 bridgehead atoms. The molecule has 4 rings (SSSR count). The van der Waals surface area contributed by atoms with Crippen LogP contribution in [-0.4, -0.2) is 89.2 Å². The Balaban J connectivity index is 1.83. The minimum atomic E-state index is -1.72. The van der Waals surface area contributed by atoms with Gasteiger partial charge in [0.15, 0.2) is 17.6 Å². The molecular weight excluding hydrogens is 428 g/mol. The average Bonchev–Trinajstić information content (AvgIpc) is 2.75. The summed E-state index contributed by atoms with van der Waals surface area (Å²) in [6.07, 6.45) is -10.5. The maximum atomic E-state index is 11.2. The molecule has 32 heavy (non-hydrogen) atoms. The summed E-state index contributed by atoms with van der Waals surface area (Å²) < 4.78 is 11.4. The Labute approximate surface area is 181 Å². The van der Waals surface area contributed by atoms with Crippen LogP contribution >= 0.6 is 0 Å². The van der Waals surface area contributed by atoms with Crippen molar-refractivity contribution in [1.82, 2.24) is 0 Å². The molecule has 0 saturated carbocycles. The number of rotatable bonds is 3. The van der Waals surface area contributed by atoms with E-state index in [-0.39, 0.29) is 22.6 Å². The SMILES string of the molecule is OC[C@H]1O[C@@H](C2c3c(O)cc(O)cc3O[C@H](c3ccc(O)c(O)c3)[C@H]2O)[C@H](O)[C@@H](O)[C@@H]1O. The number of aromatic hydroxyl groups is 4. The highest BCUT2D eigenvalue weighted by molar-refractivity contribution is 5.55. The first-order chi connectivity index (χ1) is 15.1. The van der Waals surface area contributed by atoms with E-state index in [0.717, 1.165) is 12.1 Å². The number of hydrogen-bond acceptors (Lipinski definition) is 11. The Kier molecular flexibility index (Phi) is 5.79. The lowest BCUT2D eigenvalue weighted by Crippen LogP contribution is -2.61. The first-order valence-electron chi connectivity index (χ1n) is 9.87. The summed E-state index contributed by atoms with van der Waals surface area (Å²) in [5.41, 5.74) is 0.190. The molecule has 0 radical (unpaired) electrons. The van der Waals surface area contributed by atoms with Crippen molar-refractivity contribution < 1.29 is 55.4 Å². The van der Waals surface area contributed by atoms with Crippen LogP contribution in [0.15, 0.2) is 30.3 Å². The molecule has 0 aliphatic carbocycles. The smallest absolute Gasteiger partial charge is 0.157 e. The highest BCUT2D eigenvalue weighted by Gasteiger charge is 2.53. The summed E-state index contributed by atoms with van der Waals surface area (Å²) in [4.78, 5) is 0. The second kappa shape index (κ2) is 8.28. The van der Waals surface area contributed by atoms with Gasteiger partial charge in [-0.1, -0.05) is 6.07 Å². The van der Waals surface area contributed by atoms with Gasteiger partial charge in [-0.15, -0.1) is 0 Å². The van der Waals surface area contributed by atoms with Gasteiger partial charge in [0.05, 0.1) is 18.6 Å². The molecule has 2 heterocycles. The van der Waals surface area contributed by atoms with E-state index in [1.54, 1.807) is 0 Å². The highest BCUT2D eigenvalue weighted by atomic mass is 16.5. The Hall–Kier alpha value is -2.80. The van der Waals surface area contributed by atoms with E-state index >= 15 is 0 Å². The molecule has 2 aliphatic heterocycles. The molecule has 11 nitrogen and oxygen atoms in total. The fourth-order valence-corrected chi connectivity index (χ4v) is 4.36. The molecule has 1 fully saturated rings. The van der Waals surface area contributed by atoms with Crippen LogP contribution in [0.3, 0.4) is 0 Å². The van der Waals surface area contributed by atoms with Gasteiger partial charge in [0, 0.05) is 17.7 Å². The van der Waals surface area contributed by atoms with Gasteiger partial charge in [-0.25, -0.2) is 0 Å². The number of aliphatic hydroxyl groups is 5. The summed E-state index contributed by atoms with van der Waals surface area (Å²) in [5, 5.41) is 91.6. The first-order valence-corrected chi connectivity index (χ1v) is 9.87. The molecule has 2 aromatic carbocycles. The number of phenolic OH excluding ortho intramolecular Hbond substituents is 4. The fraction of sp³-hybridized carbons (Fsp3) is 0.429. The van der Waals surface area contributed by atoms with Crippen molar-refractivity contribution in [3.63, 3.8) is 0 Å². The normalized spacial score (nSPS) is 34.5. The second-order valence-electron chi connectivity index (χ2n) is 7.97. The van der Waals surface area contributed by atoms with Crippen molar-refractivity contribution in [2.24, 2.45) is 0 Å². The molecule has 9 N–H and O–H groups in total. The molecule has 0 spiro atoms.